The first-order valence-electron chi connectivity index (χ1n) is 12.7. The maximum absolute atomic E-state index is 15.8. The van der Waals surface area contributed by atoms with Gasteiger partial charge in [-0.2, -0.15) is 4.57 Å². The van der Waals surface area contributed by atoms with Gasteiger partial charge in [0.2, 0.25) is 5.58 Å². The van der Waals surface area contributed by atoms with E-state index in [1.807, 2.05) is 54.9 Å². The first kappa shape index (κ1) is 24.0. The number of aryl methyl sites for hydroxylation is 2. The number of hydrogen-bond acceptors (Lipinski definition) is 1. The molecule has 0 atom stereocenters. The van der Waals surface area contributed by atoms with Gasteiger partial charge in [0, 0.05) is 11.6 Å². The van der Waals surface area contributed by atoms with Crippen molar-refractivity contribution in [3.8, 4) is 33.7 Å². The van der Waals surface area contributed by atoms with E-state index in [2.05, 4.69) is 64.1 Å². The third-order valence-corrected chi connectivity index (χ3v) is 7.10. The zero-order valence-electron chi connectivity index (χ0n) is 21.9. The van der Waals surface area contributed by atoms with Gasteiger partial charge in [0.25, 0.3) is 5.52 Å². The van der Waals surface area contributed by atoms with Gasteiger partial charge in [0.05, 0.1) is 5.56 Å². The van der Waals surface area contributed by atoms with Crippen molar-refractivity contribution in [3.05, 3.63) is 101 Å². The molecule has 5 rings (SSSR count). The summed E-state index contributed by atoms with van der Waals surface area (Å²) < 4.78 is 24.1. The Morgan fingerprint density at radius 3 is 1.94 bits per heavy atom. The fraction of sp³-hybridized carbons (Fsp3) is 0.242. The second-order valence-corrected chi connectivity index (χ2v) is 10.3. The summed E-state index contributed by atoms with van der Waals surface area (Å²) in [5, 5.41) is 0. The summed E-state index contributed by atoms with van der Waals surface area (Å²) in [6, 6.07) is 26.5. The lowest BCUT2D eigenvalue weighted by atomic mass is 9.81. The molecule has 0 spiro atoms. The van der Waals surface area contributed by atoms with Crippen molar-refractivity contribution in [3.63, 3.8) is 0 Å². The number of benzene rings is 4. The van der Waals surface area contributed by atoms with E-state index in [4.69, 9.17) is 4.42 Å². The van der Waals surface area contributed by atoms with Crippen LogP contribution in [0.1, 0.15) is 56.2 Å². The van der Waals surface area contributed by atoms with Gasteiger partial charge in [-0.15, -0.1) is 0 Å². The Hall–Kier alpha value is -3.72. The van der Waals surface area contributed by atoms with Crippen LogP contribution in [0.3, 0.4) is 0 Å². The first-order chi connectivity index (χ1) is 17.3. The molecular formula is C33H33FNO+. The lowest BCUT2D eigenvalue weighted by Gasteiger charge is -2.23. The molecule has 0 fully saturated rings. The van der Waals surface area contributed by atoms with E-state index in [9.17, 15) is 0 Å². The van der Waals surface area contributed by atoms with Crippen molar-refractivity contribution in [2.75, 3.05) is 0 Å². The molecule has 36 heavy (non-hydrogen) atoms. The number of aromatic nitrogens is 1. The van der Waals surface area contributed by atoms with E-state index in [1.165, 1.54) is 11.1 Å². The second-order valence-electron chi connectivity index (χ2n) is 10.3. The van der Waals surface area contributed by atoms with Gasteiger partial charge in [-0.3, -0.25) is 0 Å². The Morgan fingerprint density at radius 2 is 1.33 bits per heavy atom. The van der Waals surface area contributed by atoms with Crippen LogP contribution in [-0.4, -0.2) is 0 Å². The number of hydrogen-bond donors (Lipinski definition) is 0. The van der Waals surface area contributed by atoms with Gasteiger partial charge >= 0.3 is 5.89 Å². The lowest BCUT2D eigenvalue weighted by Crippen LogP contribution is -2.28. The minimum atomic E-state index is -0.203. The van der Waals surface area contributed by atoms with Gasteiger partial charge in [0.1, 0.15) is 12.9 Å². The number of oxazole rings is 1. The SMILES string of the molecule is Cc1cc(F)c(-c2c(C(C)C)cc(-c3ccccc3)cc2C(C)C)cc1-c1oc2ccccc2[n+]1C. The second kappa shape index (κ2) is 9.39. The van der Waals surface area contributed by atoms with Crippen LogP contribution in [0.2, 0.25) is 0 Å². The molecule has 182 valence electrons. The van der Waals surface area contributed by atoms with Crippen molar-refractivity contribution < 1.29 is 13.4 Å². The fourth-order valence-corrected chi connectivity index (χ4v) is 5.14. The molecule has 0 aliphatic carbocycles. The van der Waals surface area contributed by atoms with Crippen LogP contribution in [0.25, 0.3) is 44.8 Å². The number of rotatable bonds is 5. The summed E-state index contributed by atoms with van der Waals surface area (Å²) in [5.74, 6) is 0.986. The number of para-hydroxylation sites is 2. The van der Waals surface area contributed by atoms with Gasteiger partial charge in [0.15, 0.2) is 0 Å². The van der Waals surface area contributed by atoms with Crippen LogP contribution in [0.4, 0.5) is 4.39 Å². The highest BCUT2D eigenvalue weighted by Crippen LogP contribution is 2.42. The summed E-state index contributed by atoms with van der Waals surface area (Å²) in [5.41, 5.74) is 9.86. The quantitative estimate of drug-likeness (QED) is 0.230. The first-order valence-corrected chi connectivity index (χ1v) is 12.7. The predicted molar refractivity (Wildman–Crippen MR) is 147 cm³/mol. The number of halogens is 1. The average Bonchev–Trinajstić information content (AvgIpc) is 3.20. The van der Waals surface area contributed by atoms with Gasteiger partial charge < -0.3 is 4.42 Å². The molecule has 0 saturated carbocycles. The lowest BCUT2D eigenvalue weighted by molar-refractivity contribution is -0.637. The molecule has 2 nitrogen and oxygen atoms in total. The van der Waals surface area contributed by atoms with E-state index in [-0.39, 0.29) is 17.7 Å². The largest absolute Gasteiger partial charge is 0.398 e. The molecule has 0 aliphatic heterocycles. The monoisotopic (exact) mass is 478 g/mol. The molecule has 0 bridgehead atoms. The molecular weight excluding hydrogens is 445 g/mol. The van der Waals surface area contributed by atoms with E-state index in [0.29, 0.717) is 5.56 Å². The topological polar surface area (TPSA) is 17.0 Å². The van der Waals surface area contributed by atoms with Crippen molar-refractivity contribution in [1.29, 1.82) is 0 Å². The molecule has 0 N–H and O–H groups in total. The van der Waals surface area contributed by atoms with Crippen LogP contribution < -0.4 is 4.57 Å². The maximum atomic E-state index is 15.8. The van der Waals surface area contributed by atoms with Crippen LogP contribution >= 0.6 is 0 Å². The van der Waals surface area contributed by atoms with Crippen molar-refractivity contribution in [1.82, 2.24) is 0 Å². The van der Waals surface area contributed by atoms with Crippen LogP contribution in [0.15, 0.2) is 83.3 Å². The molecule has 0 amide bonds. The zero-order valence-corrected chi connectivity index (χ0v) is 21.9. The highest BCUT2D eigenvalue weighted by Gasteiger charge is 2.26. The minimum Gasteiger partial charge on any atom is -0.398 e. The molecule has 0 saturated heterocycles. The third-order valence-electron chi connectivity index (χ3n) is 7.10. The Balaban J connectivity index is 1.79. The van der Waals surface area contributed by atoms with E-state index >= 15 is 4.39 Å². The Kier molecular flexibility index (Phi) is 6.26. The molecule has 4 aromatic carbocycles. The van der Waals surface area contributed by atoms with Crippen molar-refractivity contribution in [2.24, 2.45) is 7.05 Å². The average molecular weight is 479 g/mol. The molecule has 5 aromatic rings. The summed E-state index contributed by atoms with van der Waals surface area (Å²) in [7, 11) is 2.00. The Labute approximate surface area is 213 Å². The van der Waals surface area contributed by atoms with E-state index in [1.54, 1.807) is 6.07 Å². The zero-order chi connectivity index (χ0) is 25.6. The fourth-order valence-electron chi connectivity index (χ4n) is 5.14. The number of nitrogens with zero attached hydrogens (tertiary/aromatic N) is 1. The standard InChI is InChI=1S/C33H33FNO/c1-20(2)25-17-24(23-12-8-7-9-13-23)18-26(21(3)4)32(25)28-19-27(22(5)16-29(28)34)33-35(6)30-14-10-11-15-31(30)36-33/h7-21H,1-6H3/q+1. The molecule has 1 aromatic heterocycles. The number of fused-ring (bicyclic) bond motifs is 1. The molecule has 0 unspecified atom stereocenters. The van der Waals surface area contributed by atoms with Crippen LogP contribution in [0.5, 0.6) is 0 Å². The van der Waals surface area contributed by atoms with Gasteiger partial charge in [-0.25, -0.2) is 4.39 Å². The Morgan fingerprint density at radius 1 is 0.722 bits per heavy atom. The van der Waals surface area contributed by atoms with E-state index in [0.717, 1.165) is 44.8 Å². The highest BCUT2D eigenvalue weighted by molar-refractivity contribution is 5.82. The normalized spacial score (nSPS) is 11.7. The smallest absolute Gasteiger partial charge is 0.381 e. The minimum absolute atomic E-state index is 0.203. The molecule has 3 heteroatoms. The van der Waals surface area contributed by atoms with Gasteiger partial charge in [-0.1, -0.05) is 82.3 Å². The predicted octanol–water partition coefficient (Wildman–Crippen LogP) is 8.95. The molecule has 1 heterocycles. The molecule has 0 radical (unpaired) electrons. The van der Waals surface area contributed by atoms with Crippen LogP contribution in [0, 0.1) is 12.7 Å². The summed E-state index contributed by atoms with van der Waals surface area (Å²) in [4.78, 5) is 0. The summed E-state index contributed by atoms with van der Waals surface area (Å²) in [6.45, 7) is 10.7. The van der Waals surface area contributed by atoms with Gasteiger partial charge in [-0.05, 0) is 70.3 Å². The van der Waals surface area contributed by atoms with E-state index < -0.39 is 0 Å². The summed E-state index contributed by atoms with van der Waals surface area (Å²) >= 11 is 0. The van der Waals surface area contributed by atoms with Crippen LogP contribution in [-0.2, 0) is 7.05 Å². The molecule has 0 aliphatic rings. The van der Waals surface area contributed by atoms with Crippen molar-refractivity contribution in [2.45, 2.75) is 46.5 Å². The Bertz CT molecular complexity index is 1530. The summed E-state index contributed by atoms with van der Waals surface area (Å²) in [6.07, 6.45) is 0. The maximum Gasteiger partial charge on any atom is 0.381 e. The third kappa shape index (κ3) is 4.13. The van der Waals surface area contributed by atoms with Crippen molar-refractivity contribution >= 4 is 11.1 Å². The highest BCUT2D eigenvalue weighted by atomic mass is 19.1.